The predicted octanol–water partition coefficient (Wildman–Crippen LogP) is 7.61. The molecule has 0 atom stereocenters. The number of methoxy groups -OCH3 is 1. The summed E-state index contributed by atoms with van der Waals surface area (Å²) >= 11 is 10.4. The van der Waals surface area contributed by atoms with E-state index in [1.165, 1.54) is 44.6 Å². The molecule has 4 aliphatic carbocycles. The molecule has 0 aromatic heterocycles. The normalized spacial score (nSPS) is 28.5. The summed E-state index contributed by atoms with van der Waals surface area (Å²) in [6, 6.07) is 7.58. The van der Waals surface area contributed by atoms with Crippen molar-refractivity contribution in [3.8, 4) is 11.5 Å². The molecule has 0 N–H and O–H groups in total. The highest BCUT2D eigenvalue weighted by Crippen LogP contribution is 2.60. The van der Waals surface area contributed by atoms with Gasteiger partial charge in [0.25, 0.3) is 11.1 Å². The maximum Gasteiger partial charge on any atom is 0.317 e. The minimum Gasteiger partial charge on any atom is -0.493 e. The van der Waals surface area contributed by atoms with E-state index in [2.05, 4.69) is 15.9 Å². The van der Waals surface area contributed by atoms with Crippen molar-refractivity contribution in [2.45, 2.75) is 45.1 Å². The minimum absolute atomic E-state index is 0.0809. The van der Waals surface area contributed by atoms with E-state index in [9.17, 15) is 18.8 Å². The molecule has 2 amide bonds. The van der Waals surface area contributed by atoms with E-state index in [4.69, 9.17) is 21.1 Å². The van der Waals surface area contributed by atoms with Crippen LogP contribution in [-0.2, 0) is 16.1 Å². The lowest BCUT2D eigenvalue weighted by Gasteiger charge is -2.55. The van der Waals surface area contributed by atoms with Gasteiger partial charge in [-0.3, -0.25) is 19.3 Å². The smallest absolute Gasteiger partial charge is 0.317 e. The van der Waals surface area contributed by atoms with E-state index in [0.717, 1.165) is 35.9 Å². The number of halogens is 3. The second-order valence-electron chi connectivity index (χ2n) is 11.1. The van der Waals surface area contributed by atoms with Crippen LogP contribution in [0.15, 0.2) is 39.7 Å². The van der Waals surface area contributed by atoms with Crippen molar-refractivity contribution >= 4 is 62.5 Å². The Kier molecular flexibility index (Phi) is 7.04. The summed E-state index contributed by atoms with van der Waals surface area (Å²) in [5, 5.41) is -0.372. The molecule has 0 spiro atoms. The zero-order valence-electron chi connectivity index (χ0n) is 21.2. The summed E-state index contributed by atoms with van der Waals surface area (Å²) in [5.74, 6) is 1.16. The number of benzene rings is 2. The molecule has 0 radical (unpaired) electrons. The van der Waals surface area contributed by atoms with Gasteiger partial charge in [0.05, 0.1) is 28.4 Å². The fourth-order valence-corrected chi connectivity index (χ4v) is 8.71. The predicted molar refractivity (Wildman–Crippen MR) is 150 cm³/mol. The summed E-state index contributed by atoms with van der Waals surface area (Å²) in [7, 11) is 1.49. The Morgan fingerprint density at radius 2 is 1.85 bits per heavy atom. The number of thioether (sulfide) groups is 1. The van der Waals surface area contributed by atoms with Crippen molar-refractivity contribution in [3.05, 3.63) is 61.7 Å². The molecule has 7 rings (SSSR count). The first-order valence-electron chi connectivity index (χ1n) is 12.9. The van der Waals surface area contributed by atoms with Crippen molar-refractivity contribution < 1.29 is 28.2 Å². The van der Waals surface area contributed by atoms with Crippen LogP contribution in [0.25, 0.3) is 6.08 Å². The number of rotatable bonds is 6. The van der Waals surface area contributed by atoms with Crippen LogP contribution in [0, 0.1) is 29.0 Å². The number of carbonyl (C=O) groups excluding carboxylic acids is 3. The van der Waals surface area contributed by atoms with Gasteiger partial charge in [-0.2, -0.15) is 0 Å². The maximum atomic E-state index is 14.3. The van der Waals surface area contributed by atoms with E-state index < -0.39 is 22.4 Å². The van der Waals surface area contributed by atoms with Crippen LogP contribution in [-0.4, -0.2) is 29.1 Å². The first kappa shape index (κ1) is 26.8. The highest BCUT2D eigenvalue weighted by atomic mass is 79.9. The number of esters is 1. The molecular weight excluding hydrogens is 609 g/mol. The minimum atomic E-state index is -0.585. The van der Waals surface area contributed by atoms with Gasteiger partial charge in [0.2, 0.25) is 0 Å². The number of ether oxygens (including phenoxy) is 2. The first-order chi connectivity index (χ1) is 18.7. The molecule has 10 heteroatoms. The zero-order valence-corrected chi connectivity index (χ0v) is 24.3. The number of hydrogen-bond acceptors (Lipinski definition) is 6. The summed E-state index contributed by atoms with van der Waals surface area (Å²) in [6.07, 6.45) is 7.93. The van der Waals surface area contributed by atoms with Gasteiger partial charge in [-0.1, -0.05) is 17.7 Å². The third kappa shape index (κ3) is 4.91. The van der Waals surface area contributed by atoms with Gasteiger partial charge in [0.1, 0.15) is 5.82 Å². The molecule has 6 nitrogen and oxygen atoms in total. The first-order valence-corrected chi connectivity index (χ1v) is 14.9. The summed E-state index contributed by atoms with van der Waals surface area (Å²) in [6.45, 7) is -0.264. The highest BCUT2D eigenvalue weighted by Gasteiger charge is 2.55. The van der Waals surface area contributed by atoms with Gasteiger partial charge in [-0.05, 0) is 120 Å². The second kappa shape index (κ2) is 10.2. The third-order valence-electron chi connectivity index (χ3n) is 8.47. The van der Waals surface area contributed by atoms with Gasteiger partial charge < -0.3 is 9.47 Å². The number of carbonyl (C=O) groups is 3. The molecule has 204 valence electrons. The van der Waals surface area contributed by atoms with Crippen LogP contribution in [0.4, 0.5) is 9.18 Å². The van der Waals surface area contributed by atoms with Gasteiger partial charge >= 0.3 is 5.97 Å². The van der Waals surface area contributed by atoms with E-state index in [-0.39, 0.29) is 28.0 Å². The Hall–Kier alpha value is -2.36. The van der Waals surface area contributed by atoms with E-state index in [1.54, 1.807) is 18.2 Å². The molecule has 1 aliphatic heterocycles. The van der Waals surface area contributed by atoms with Crippen molar-refractivity contribution in [1.29, 1.82) is 0 Å². The molecule has 1 heterocycles. The van der Waals surface area contributed by atoms with Gasteiger partial charge in [-0.15, -0.1) is 0 Å². The molecule has 5 fully saturated rings. The second-order valence-corrected chi connectivity index (χ2v) is 13.3. The molecule has 39 heavy (non-hydrogen) atoms. The quantitative estimate of drug-likeness (QED) is 0.185. The summed E-state index contributed by atoms with van der Waals surface area (Å²) in [5.41, 5.74) is 0.234. The molecule has 4 saturated carbocycles. The number of hydrogen-bond donors (Lipinski definition) is 0. The molecule has 1 saturated heterocycles. The van der Waals surface area contributed by atoms with Crippen molar-refractivity contribution in [1.82, 2.24) is 4.90 Å². The Bertz CT molecular complexity index is 1370. The Balaban J connectivity index is 1.22. The SMILES string of the molecule is COc1cc(/C=C2\SC(=O)N(Cc3c(F)cccc3Cl)C2=O)cc(Br)c1OC(=O)C12CC3CC(CC(C3)C1)C2. The lowest BCUT2D eigenvalue weighted by atomic mass is 9.49. The van der Waals surface area contributed by atoms with Crippen LogP contribution < -0.4 is 9.47 Å². The Morgan fingerprint density at radius 1 is 1.18 bits per heavy atom. The monoisotopic (exact) mass is 633 g/mol. The lowest BCUT2D eigenvalue weighted by Crippen LogP contribution is -2.51. The molecule has 2 aromatic carbocycles. The van der Waals surface area contributed by atoms with Gasteiger partial charge in [0, 0.05) is 10.6 Å². The number of nitrogens with zero attached hydrogens (tertiary/aromatic N) is 1. The van der Waals surface area contributed by atoms with Crippen LogP contribution in [0.2, 0.25) is 5.02 Å². The molecule has 0 unspecified atom stereocenters. The molecule has 2 aromatic rings. The highest BCUT2D eigenvalue weighted by molar-refractivity contribution is 9.10. The van der Waals surface area contributed by atoms with Crippen LogP contribution in [0.1, 0.15) is 49.7 Å². The van der Waals surface area contributed by atoms with Crippen molar-refractivity contribution in [2.24, 2.45) is 23.2 Å². The fourth-order valence-electron chi connectivity index (χ4n) is 7.11. The lowest BCUT2D eigenvalue weighted by molar-refractivity contribution is -0.161. The standard InChI is InChI=1S/C29H26BrClFNO5S/c1-37-23-9-15(10-24-26(34)33(28(36)39-24)14-19-21(31)3-2-4-22(19)32)8-20(30)25(23)38-27(35)29-11-16-5-17(12-29)7-18(6-16)13-29/h2-4,8-10,16-18H,5-7,11-14H2,1H3/b24-10-. The van der Waals surface area contributed by atoms with Crippen molar-refractivity contribution in [3.63, 3.8) is 0 Å². The zero-order chi connectivity index (χ0) is 27.5. The van der Waals surface area contributed by atoms with E-state index in [1.807, 2.05) is 0 Å². The third-order valence-corrected chi connectivity index (χ3v) is 10.3. The maximum absolute atomic E-state index is 14.3. The average molecular weight is 635 g/mol. The van der Waals surface area contributed by atoms with E-state index >= 15 is 0 Å². The average Bonchev–Trinajstić information content (AvgIpc) is 3.13. The topological polar surface area (TPSA) is 72.9 Å². The number of amides is 2. The van der Waals surface area contributed by atoms with Crippen LogP contribution in [0.5, 0.6) is 11.5 Å². The fraction of sp³-hybridized carbons (Fsp3) is 0.414. The summed E-state index contributed by atoms with van der Waals surface area (Å²) in [4.78, 5) is 40.3. The van der Waals surface area contributed by atoms with Gasteiger partial charge in [-0.25, -0.2) is 4.39 Å². The largest absolute Gasteiger partial charge is 0.493 e. The molecule has 4 bridgehead atoms. The number of imide groups is 1. The van der Waals surface area contributed by atoms with Gasteiger partial charge in [0.15, 0.2) is 11.5 Å². The van der Waals surface area contributed by atoms with Crippen molar-refractivity contribution in [2.75, 3.05) is 7.11 Å². The molecule has 5 aliphatic rings. The Morgan fingerprint density at radius 3 is 2.46 bits per heavy atom. The summed E-state index contributed by atoms with van der Waals surface area (Å²) < 4.78 is 26.3. The Labute approximate surface area is 243 Å². The van der Waals surface area contributed by atoms with Crippen LogP contribution >= 0.6 is 39.3 Å². The molecular formula is C29H26BrClFNO5S. The van der Waals surface area contributed by atoms with Crippen LogP contribution in [0.3, 0.4) is 0 Å². The van der Waals surface area contributed by atoms with E-state index in [0.29, 0.717) is 39.3 Å².